The molecule has 0 bridgehead atoms. The highest BCUT2D eigenvalue weighted by Crippen LogP contribution is 2.47. The average molecular weight is 348 g/mol. The topological polar surface area (TPSA) is 82.1 Å². The summed E-state index contributed by atoms with van der Waals surface area (Å²) >= 11 is 0. The van der Waals surface area contributed by atoms with E-state index < -0.39 is 22.7 Å². The Morgan fingerprint density at radius 2 is 2.08 bits per heavy atom. The number of halogens is 2. The van der Waals surface area contributed by atoms with Crippen molar-refractivity contribution in [1.82, 2.24) is 20.3 Å². The van der Waals surface area contributed by atoms with Crippen LogP contribution in [-0.4, -0.2) is 44.4 Å². The Labute approximate surface area is 142 Å². The summed E-state index contributed by atoms with van der Waals surface area (Å²) in [5, 5.41) is 20.8. The highest BCUT2D eigenvalue weighted by atomic mass is 19.1. The fraction of sp³-hybridized carbons (Fsp3) is 0.471. The van der Waals surface area contributed by atoms with E-state index in [-0.39, 0.29) is 18.0 Å². The van der Waals surface area contributed by atoms with Gasteiger partial charge in [0, 0.05) is 24.6 Å². The SMILES string of the molecule is O=C(N1CCC(O)(c2cn[nH]n2)C1)C1(c2ccc(F)cc2F)CCC1. The van der Waals surface area contributed by atoms with E-state index >= 15 is 0 Å². The van der Waals surface area contributed by atoms with Gasteiger partial charge in [-0.05, 0) is 18.9 Å². The van der Waals surface area contributed by atoms with Crippen molar-refractivity contribution in [1.29, 1.82) is 0 Å². The van der Waals surface area contributed by atoms with Crippen LogP contribution in [0.15, 0.2) is 24.4 Å². The lowest BCUT2D eigenvalue weighted by molar-refractivity contribution is -0.141. The lowest BCUT2D eigenvalue weighted by atomic mass is 9.63. The Hall–Kier alpha value is -2.35. The van der Waals surface area contributed by atoms with Crippen molar-refractivity contribution in [3.05, 3.63) is 47.3 Å². The molecule has 2 N–H and O–H groups in total. The van der Waals surface area contributed by atoms with Crippen LogP contribution in [0.3, 0.4) is 0 Å². The molecule has 2 aromatic rings. The molecule has 132 valence electrons. The molecule has 1 amide bonds. The minimum Gasteiger partial charge on any atom is -0.381 e. The first kappa shape index (κ1) is 16.1. The molecular formula is C17H18F2N4O2. The second-order valence-corrected chi connectivity index (χ2v) is 6.92. The van der Waals surface area contributed by atoms with Gasteiger partial charge in [-0.15, -0.1) is 0 Å². The number of amides is 1. The number of hydrogen-bond acceptors (Lipinski definition) is 4. The van der Waals surface area contributed by atoms with Crippen LogP contribution in [0.1, 0.15) is 36.9 Å². The third-order valence-corrected chi connectivity index (χ3v) is 5.49. The van der Waals surface area contributed by atoms with Gasteiger partial charge in [0.25, 0.3) is 0 Å². The molecule has 1 atom stereocenters. The molecule has 1 aliphatic carbocycles. The minimum atomic E-state index is -1.26. The molecule has 0 spiro atoms. The third-order valence-electron chi connectivity index (χ3n) is 5.49. The summed E-state index contributed by atoms with van der Waals surface area (Å²) < 4.78 is 27.5. The average Bonchev–Trinajstić information content (AvgIpc) is 3.18. The molecule has 4 rings (SSSR count). The zero-order chi connectivity index (χ0) is 17.7. The van der Waals surface area contributed by atoms with Crippen LogP contribution in [0.5, 0.6) is 0 Å². The summed E-state index contributed by atoms with van der Waals surface area (Å²) in [5.74, 6) is -1.58. The molecule has 1 saturated carbocycles. The third kappa shape index (κ3) is 2.43. The van der Waals surface area contributed by atoms with Crippen molar-refractivity contribution in [2.45, 2.75) is 36.7 Å². The lowest BCUT2D eigenvalue weighted by Gasteiger charge is -2.43. The van der Waals surface area contributed by atoms with E-state index in [1.165, 1.54) is 18.3 Å². The van der Waals surface area contributed by atoms with E-state index in [9.17, 15) is 18.7 Å². The first-order chi connectivity index (χ1) is 11.9. The Morgan fingerprint density at radius 1 is 1.28 bits per heavy atom. The molecule has 1 aromatic carbocycles. The van der Waals surface area contributed by atoms with Gasteiger partial charge in [-0.1, -0.05) is 12.5 Å². The van der Waals surface area contributed by atoms with Crippen LogP contribution in [0.4, 0.5) is 8.78 Å². The summed E-state index contributed by atoms with van der Waals surface area (Å²) in [6, 6.07) is 3.36. The predicted molar refractivity (Wildman–Crippen MR) is 83.4 cm³/mol. The Bertz CT molecular complexity index is 807. The van der Waals surface area contributed by atoms with E-state index in [4.69, 9.17) is 0 Å². The Kier molecular flexibility index (Phi) is 3.61. The summed E-state index contributed by atoms with van der Waals surface area (Å²) in [6.45, 7) is 0.440. The van der Waals surface area contributed by atoms with Crippen molar-refractivity contribution in [2.75, 3.05) is 13.1 Å². The van der Waals surface area contributed by atoms with Crippen molar-refractivity contribution >= 4 is 5.91 Å². The highest BCUT2D eigenvalue weighted by Gasteiger charge is 2.52. The first-order valence-corrected chi connectivity index (χ1v) is 8.28. The fourth-order valence-electron chi connectivity index (χ4n) is 3.91. The number of nitrogens with zero attached hydrogens (tertiary/aromatic N) is 3. The summed E-state index contributed by atoms with van der Waals surface area (Å²) in [6.07, 6.45) is 3.63. The largest absolute Gasteiger partial charge is 0.381 e. The van der Waals surface area contributed by atoms with Crippen molar-refractivity contribution in [2.24, 2.45) is 0 Å². The number of β-amino-alcohol motifs (C(OH)–C–C–N with tert-alkyl or cyclic N) is 1. The molecular weight excluding hydrogens is 330 g/mol. The van der Waals surface area contributed by atoms with Crippen LogP contribution in [-0.2, 0) is 15.8 Å². The monoisotopic (exact) mass is 348 g/mol. The van der Waals surface area contributed by atoms with Crippen LogP contribution >= 0.6 is 0 Å². The lowest BCUT2D eigenvalue weighted by Crippen LogP contribution is -2.51. The number of H-pyrrole nitrogens is 1. The summed E-state index contributed by atoms with van der Waals surface area (Å²) in [7, 11) is 0. The smallest absolute Gasteiger partial charge is 0.233 e. The van der Waals surface area contributed by atoms with Gasteiger partial charge in [0.1, 0.15) is 22.9 Å². The standard InChI is InChI=1S/C17H18F2N4O2/c18-11-2-3-12(13(19)8-11)16(4-1-5-16)15(24)23-7-6-17(25,10-23)14-9-20-22-21-14/h2-3,8-9,25H,1,4-7,10H2,(H,20,21,22). The number of aromatic nitrogens is 3. The van der Waals surface area contributed by atoms with Gasteiger partial charge < -0.3 is 10.0 Å². The van der Waals surface area contributed by atoms with Gasteiger partial charge in [-0.2, -0.15) is 15.4 Å². The zero-order valence-corrected chi connectivity index (χ0v) is 13.5. The second kappa shape index (κ2) is 5.59. The number of likely N-dealkylation sites (tertiary alicyclic amines) is 1. The maximum absolute atomic E-state index is 14.3. The Morgan fingerprint density at radius 3 is 2.68 bits per heavy atom. The predicted octanol–water partition coefficient (Wildman–Crippen LogP) is 1.62. The summed E-state index contributed by atoms with van der Waals surface area (Å²) in [4.78, 5) is 14.7. The molecule has 1 saturated heterocycles. The summed E-state index contributed by atoms with van der Waals surface area (Å²) in [5.41, 5.74) is -1.60. The number of nitrogens with one attached hydrogen (secondary N) is 1. The molecule has 1 aromatic heterocycles. The number of carbonyl (C=O) groups is 1. The molecule has 1 unspecified atom stereocenters. The molecule has 0 radical (unpaired) electrons. The van der Waals surface area contributed by atoms with Crippen molar-refractivity contribution in [3.8, 4) is 0 Å². The van der Waals surface area contributed by atoms with Gasteiger partial charge in [-0.25, -0.2) is 8.78 Å². The molecule has 8 heteroatoms. The van der Waals surface area contributed by atoms with Crippen LogP contribution < -0.4 is 0 Å². The van der Waals surface area contributed by atoms with Gasteiger partial charge in [0.15, 0.2) is 0 Å². The molecule has 2 heterocycles. The quantitative estimate of drug-likeness (QED) is 0.883. The van der Waals surface area contributed by atoms with Gasteiger partial charge >= 0.3 is 0 Å². The van der Waals surface area contributed by atoms with E-state index in [1.807, 2.05) is 0 Å². The zero-order valence-electron chi connectivity index (χ0n) is 13.5. The minimum absolute atomic E-state index is 0.0862. The highest BCUT2D eigenvalue weighted by molar-refractivity contribution is 5.89. The van der Waals surface area contributed by atoms with Crippen LogP contribution in [0.2, 0.25) is 0 Å². The van der Waals surface area contributed by atoms with Gasteiger partial charge in [0.05, 0.1) is 18.2 Å². The van der Waals surface area contributed by atoms with Crippen LogP contribution in [0.25, 0.3) is 0 Å². The van der Waals surface area contributed by atoms with Gasteiger partial charge in [-0.3, -0.25) is 4.79 Å². The molecule has 2 fully saturated rings. The maximum Gasteiger partial charge on any atom is 0.233 e. The van der Waals surface area contributed by atoms with Crippen molar-refractivity contribution in [3.63, 3.8) is 0 Å². The van der Waals surface area contributed by atoms with Crippen LogP contribution in [0, 0.1) is 11.6 Å². The first-order valence-electron chi connectivity index (χ1n) is 8.28. The number of carbonyl (C=O) groups excluding carboxylic acids is 1. The second-order valence-electron chi connectivity index (χ2n) is 6.92. The number of aliphatic hydroxyl groups is 1. The Balaban J connectivity index is 1.61. The number of rotatable bonds is 3. The number of hydrogen-bond donors (Lipinski definition) is 2. The maximum atomic E-state index is 14.3. The molecule has 1 aliphatic heterocycles. The molecule has 25 heavy (non-hydrogen) atoms. The fourth-order valence-corrected chi connectivity index (χ4v) is 3.91. The van der Waals surface area contributed by atoms with Crippen molar-refractivity contribution < 1.29 is 18.7 Å². The van der Waals surface area contributed by atoms with E-state index in [0.29, 0.717) is 31.5 Å². The normalized spacial score (nSPS) is 25.0. The van der Waals surface area contributed by atoms with E-state index in [0.717, 1.165) is 12.5 Å². The van der Waals surface area contributed by atoms with Gasteiger partial charge in [0.2, 0.25) is 5.91 Å². The van der Waals surface area contributed by atoms with E-state index in [1.54, 1.807) is 4.90 Å². The number of benzene rings is 1. The molecule has 2 aliphatic rings. The number of aromatic amines is 1. The van der Waals surface area contributed by atoms with E-state index in [2.05, 4.69) is 15.4 Å². The molecule has 6 nitrogen and oxygen atoms in total.